The first-order chi connectivity index (χ1) is 9.60. The maximum Gasteiger partial charge on any atom is 0.284 e. The van der Waals surface area contributed by atoms with Crippen LogP contribution in [0.1, 0.15) is 37.6 Å². The highest BCUT2D eigenvalue weighted by Gasteiger charge is 2.19. The van der Waals surface area contributed by atoms with Crippen LogP contribution in [-0.2, 0) is 0 Å². The van der Waals surface area contributed by atoms with E-state index in [-0.39, 0.29) is 23.2 Å². The Bertz CT molecular complexity index is 540. The van der Waals surface area contributed by atoms with Crippen molar-refractivity contribution in [1.29, 1.82) is 0 Å². The number of hydrogen-bond acceptors (Lipinski definition) is 4. The van der Waals surface area contributed by atoms with Gasteiger partial charge in [-0.25, -0.2) is 0 Å². The van der Waals surface area contributed by atoms with Gasteiger partial charge in [0.25, 0.3) is 11.6 Å². The second-order valence-electron chi connectivity index (χ2n) is 6.05. The predicted molar refractivity (Wildman–Crippen MR) is 83.2 cm³/mol. The number of carbonyl (C=O) groups is 1. The van der Waals surface area contributed by atoms with Gasteiger partial charge in [0.1, 0.15) is 0 Å². The number of aliphatic hydroxyl groups excluding tert-OH is 1. The third-order valence-electron chi connectivity index (χ3n) is 2.75. The summed E-state index contributed by atoms with van der Waals surface area (Å²) < 4.78 is 0.316. The number of amides is 1. The number of halogens is 1. The molecule has 6 nitrogen and oxygen atoms in total. The lowest BCUT2D eigenvalue weighted by atomic mass is 9.89. The van der Waals surface area contributed by atoms with E-state index in [1.807, 2.05) is 20.8 Å². The number of aliphatic hydroxyl groups is 1. The van der Waals surface area contributed by atoms with Crippen molar-refractivity contribution in [2.45, 2.75) is 33.3 Å². The lowest BCUT2D eigenvalue weighted by Crippen LogP contribution is -2.34. The van der Waals surface area contributed by atoms with E-state index in [9.17, 15) is 20.0 Å². The Morgan fingerprint density at radius 3 is 2.62 bits per heavy atom. The molecule has 1 aromatic carbocycles. The minimum absolute atomic E-state index is 0.0411. The molecule has 0 heterocycles. The molecule has 21 heavy (non-hydrogen) atoms. The molecule has 0 saturated heterocycles. The average molecular weight is 359 g/mol. The highest BCUT2D eigenvalue weighted by Crippen LogP contribution is 2.25. The minimum Gasteiger partial charge on any atom is -0.391 e. The fourth-order valence-electron chi connectivity index (χ4n) is 1.89. The van der Waals surface area contributed by atoms with Gasteiger partial charge in [-0.15, -0.1) is 0 Å². The van der Waals surface area contributed by atoms with E-state index in [0.29, 0.717) is 10.9 Å². The second kappa shape index (κ2) is 7.00. The standard InChI is InChI=1S/C14H19BrN2O4/c1-14(2,3)7-10(18)8-16-13(19)9-4-5-11(15)12(6-9)17(20)21/h4-6,10,18H,7-8H2,1-3H3,(H,16,19). The Morgan fingerprint density at radius 1 is 1.48 bits per heavy atom. The predicted octanol–water partition coefficient (Wildman–Crippen LogP) is 2.88. The van der Waals surface area contributed by atoms with Gasteiger partial charge in [-0.2, -0.15) is 0 Å². The van der Waals surface area contributed by atoms with Crippen molar-refractivity contribution in [1.82, 2.24) is 5.32 Å². The van der Waals surface area contributed by atoms with Crippen LogP contribution in [-0.4, -0.2) is 28.6 Å². The zero-order chi connectivity index (χ0) is 16.2. The first-order valence-corrected chi connectivity index (χ1v) is 7.29. The number of rotatable bonds is 5. The zero-order valence-corrected chi connectivity index (χ0v) is 13.8. The van der Waals surface area contributed by atoms with Gasteiger partial charge in [-0.3, -0.25) is 14.9 Å². The SMILES string of the molecule is CC(C)(C)CC(O)CNC(=O)c1ccc(Br)c([N+](=O)[O-])c1. The van der Waals surface area contributed by atoms with Gasteiger partial charge in [-0.05, 0) is 39.9 Å². The van der Waals surface area contributed by atoms with Crippen molar-refractivity contribution >= 4 is 27.5 Å². The van der Waals surface area contributed by atoms with Crippen LogP contribution >= 0.6 is 15.9 Å². The zero-order valence-electron chi connectivity index (χ0n) is 12.2. The molecule has 116 valence electrons. The molecule has 0 spiro atoms. The molecule has 1 amide bonds. The minimum atomic E-state index is -0.653. The van der Waals surface area contributed by atoms with Gasteiger partial charge in [0.2, 0.25) is 0 Å². The van der Waals surface area contributed by atoms with Crippen LogP contribution < -0.4 is 5.32 Å². The van der Waals surface area contributed by atoms with Crippen molar-refractivity contribution < 1.29 is 14.8 Å². The Hall–Kier alpha value is -1.47. The summed E-state index contributed by atoms with van der Waals surface area (Å²) in [6.07, 6.45) is -0.104. The van der Waals surface area contributed by atoms with E-state index in [4.69, 9.17) is 0 Å². The van der Waals surface area contributed by atoms with E-state index in [0.717, 1.165) is 0 Å². The lowest BCUT2D eigenvalue weighted by molar-refractivity contribution is -0.385. The Labute approximate surface area is 131 Å². The number of nitro groups is 1. The van der Waals surface area contributed by atoms with Crippen molar-refractivity contribution in [2.24, 2.45) is 5.41 Å². The van der Waals surface area contributed by atoms with Crippen molar-refractivity contribution in [2.75, 3.05) is 6.54 Å². The largest absolute Gasteiger partial charge is 0.391 e. The molecule has 1 rings (SSSR count). The Kier molecular flexibility index (Phi) is 5.86. The molecule has 1 aromatic rings. The average Bonchev–Trinajstić information content (AvgIpc) is 2.34. The van der Waals surface area contributed by atoms with Crippen LogP contribution in [0.25, 0.3) is 0 Å². The van der Waals surface area contributed by atoms with Crippen LogP contribution in [0, 0.1) is 15.5 Å². The van der Waals surface area contributed by atoms with Gasteiger partial charge < -0.3 is 10.4 Å². The third-order valence-corrected chi connectivity index (χ3v) is 3.42. The number of benzene rings is 1. The third kappa shape index (κ3) is 5.81. The molecule has 0 aliphatic carbocycles. The molecule has 1 atom stereocenters. The highest BCUT2D eigenvalue weighted by molar-refractivity contribution is 9.10. The number of nitro benzene ring substituents is 1. The van der Waals surface area contributed by atoms with E-state index >= 15 is 0 Å². The molecule has 0 saturated carbocycles. The van der Waals surface area contributed by atoms with E-state index < -0.39 is 16.9 Å². The van der Waals surface area contributed by atoms with Crippen LogP contribution in [0.4, 0.5) is 5.69 Å². The normalized spacial score (nSPS) is 12.8. The van der Waals surface area contributed by atoms with Gasteiger partial charge in [0, 0.05) is 18.2 Å². The van der Waals surface area contributed by atoms with Gasteiger partial charge in [0.05, 0.1) is 15.5 Å². The molecule has 0 fully saturated rings. The summed E-state index contributed by atoms with van der Waals surface area (Å²) in [6, 6.07) is 4.15. The smallest absolute Gasteiger partial charge is 0.284 e. The summed E-state index contributed by atoms with van der Waals surface area (Å²) in [5, 5.41) is 23.2. The number of nitrogens with one attached hydrogen (secondary N) is 1. The number of carbonyl (C=O) groups excluding carboxylic acids is 1. The molecule has 2 N–H and O–H groups in total. The quantitative estimate of drug-likeness (QED) is 0.625. The molecule has 0 aliphatic heterocycles. The molecule has 0 aromatic heterocycles. The van der Waals surface area contributed by atoms with Crippen molar-refractivity contribution in [3.63, 3.8) is 0 Å². The summed E-state index contributed by atoms with van der Waals surface area (Å²) >= 11 is 3.06. The van der Waals surface area contributed by atoms with Crippen LogP contribution in [0.15, 0.2) is 22.7 Å². The van der Waals surface area contributed by atoms with Gasteiger partial charge >= 0.3 is 0 Å². The first-order valence-electron chi connectivity index (χ1n) is 6.50. The Balaban J connectivity index is 2.68. The molecular weight excluding hydrogens is 340 g/mol. The summed E-state index contributed by atoms with van der Waals surface area (Å²) in [5.74, 6) is -0.446. The number of nitrogens with zero attached hydrogens (tertiary/aromatic N) is 1. The topological polar surface area (TPSA) is 92.5 Å². The molecule has 7 heteroatoms. The number of hydrogen-bond donors (Lipinski definition) is 2. The summed E-state index contributed by atoms with van der Waals surface area (Å²) in [5.41, 5.74) is -0.0219. The Morgan fingerprint density at radius 2 is 2.10 bits per heavy atom. The van der Waals surface area contributed by atoms with Crippen molar-refractivity contribution in [3.8, 4) is 0 Å². The lowest BCUT2D eigenvalue weighted by Gasteiger charge is -2.22. The van der Waals surface area contributed by atoms with Gasteiger partial charge in [-0.1, -0.05) is 20.8 Å². The maximum atomic E-state index is 11.9. The van der Waals surface area contributed by atoms with E-state index in [1.165, 1.54) is 18.2 Å². The van der Waals surface area contributed by atoms with Gasteiger partial charge in [0.15, 0.2) is 0 Å². The van der Waals surface area contributed by atoms with Crippen LogP contribution in [0.2, 0.25) is 0 Å². The summed E-state index contributed by atoms with van der Waals surface area (Å²) in [7, 11) is 0. The van der Waals surface area contributed by atoms with Crippen LogP contribution in [0.5, 0.6) is 0 Å². The van der Waals surface area contributed by atoms with E-state index in [1.54, 1.807) is 0 Å². The fraction of sp³-hybridized carbons (Fsp3) is 0.500. The second-order valence-corrected chi connectivity index (χ2v) is 6.91. The summed E-state index contributed by atoms with van der Waals surface area (Å²) in [6.45, 7) is 6.10. The molecular formula is C14H19BrN2O4. The van der Waals surface area contributed by atoms with Crippen molar-refractivity contribution in [3.05, 3.63) is 38.3 Å². The maximum absolute atomic E-state index is 11.9. The fourth-order valence-corrected chi connectivity index (χ4v) is 2.28. The molecule has 0 radical (unpaired) electrons. The monoisotopic (exact) mass is 358 g/mol. The van der Waals surface area contributed by atoms with E-state index in [2.05, 4.69) is 21.2 Å². The molecule has 0 aliphatic rings. The summed E-state index contributed by atoms with van der Waals surface area (Å²) in [4.78, 5) is 22.2. The molecule has 1 unspecified atom stereocenters. The van der Waals surface area contributed by atoms with Crippen LogP contribution in [0.3, 0.4) is 0 Å². The molecule has 0 bridgehead atoms. The highest BCUT2D eigenvalue weighted by atomic mass is 79.9. The first kappa shape index (κ1) is 17.6.